The molecule has 128 valence electrons. The number of fused-ring (bicyclic) bond motifs is 1. The molecule has 0 unspecified atom stereocenters. The van der Waals surface area contributed by atoms with E-state index in [0.29, 0.717) is 31.0 Å². The smallest absolute Gasteiger partial charge is 0.280 e. The Morgan fingerprint density at radius 1 is 1.00 bits per heavy atom. The van der Waals surface area contributed by atoms with Crippen molar-refractivity contribution >= 4 is 16.6 Å². The minimum absolute atomic E-state index is 0.0855. The van der Waals surface area contributed by atoms with Crippen LogP contribution in [-0.4, -0.2) is 40.9 Å². The first kappa shape index (κ1) is 15.8. The summed E-state index contributed by atoms with van der Waals surface area (Å²) in [5.74, 6) is 0.703. The fraction of sp³-hybridized carbons (Fsp3) is 0.263. The standard InChI is InChI=1S/C19H20N4O2/c24-19-16-8-4-5-9-17(16)20-18(14-22-10-12-25-13-11-22)23(19)21-15-6-2-1-3-7-15/h1-9,21H,10-14H2. The molecular formula is C19H20N4O2. The molecule has 0 radical (unpaired) electrons. The largest absolute Gasteiger partial charge is 0.379 e. The Labute approximate surface area is 145 Å². The second-order valence-corrected chi connectivity index (χ2v) is 6.05. The average molecular weight is 336 g/mol. The second-order valence-electron chi connectivity index (χ2n) is 6.05. The molecule has 0 bridgehead atoms. The Kier molecular flexibility index (Phi) is 4.45. The Balaban J connectivity index is 1.77. The number of para-hydroxylation sites is 2. The molecule has 6 heteroatoms. The summed E-state index contributed by atoms with van der Waals surface area (Å²) >= 11 is 0. The highest BCUT2D eigenvalue weighted by atomic mass is 16.5. The van der Waals surface area contributed by atoms with Gasteiger partial charge in [0.05, 0.1) is 36.3 Å². The molecule has 1 N–H and O–H groups in total. The van der Waals surface area contributed by atoms with Gasteiger partial charge in [0.15, 0.2) is 0 Å². The third-order valence-electron chi connectivity index (χ3n) is 4.33. The predicted molar refractivity (Wildman–Crippen MR) is 97.6 cm³/mol. The Morgan fingerprint density at radius 2 is 1.72 bits per heavy atom. The third-order valence-corrected chi connectivity index (χ3v) is 4.33. The third kappa shape index (κ3) is 3.40. The number of morpholine rings is 1. The molecule has 0 aliphatic carbocycles. The number of aromatic nitrogens is 2. The molecule has 0 saturated carbocycles. The highest BCUT2D eigenvalue weighted by Crippen LogP contribution is 2.12. The summed E-state index contributed by atoms with van der Waals surface area (Å²) in [6, 6.07) is 17.1. The molecule has 0 atom stereocenters. The minimum atomic E-state index is -0.0855. The molecule has 1 aromatic heterocycles. The van der Waals surface area contributed by atoms with E-state index in [1.165, 1.54) is 0 Å². The SMILES string of the molecule is O=c1c2ccccc2nc(CN2CCOCC2)n1Nc1ccccc1. The highest BCUT2D eigenvalue weighted by molar-refractivity contribution is 5.77. The fourth-order valence-corrected chi connectivity index (χ4v) is 3.00. The van der Waals surface area contributed by atoms with Crippen LogP contribution < -0.4 is 11.0 Å². The van der Waals surface area contributed by atoms with Crippen LogP contribution >= 0.6 is 0 Å². The maximum Gasteiger partial charge on any atom is 0.280 e. The monoisotopic (exact) mass is 336 g/mol. The second kappa shape index (κ2) is 7.04. The van der Waals surface area contributed by atoms with Crippen LogP contribution in [0.25, 0.3) is 10.9 Å². The summed E-state index contributed by atoms with van der Waals surface area (Å²) in [6.07, 6.45) is 0. The van der Waals surface area contributed by atoms with Gasteiger partial charge in [0.25, 0.3) is 5.56 Å². The van der Waals surface area contributed by atoms with Gasteiger partial charge in [-0.3, -0.25) is 15.1 Å². The van der Waals surface area contributed by atoms with Crippen LogP contribution in [-0.2, 0) is 11.3 Å². The Hall–Kier alpha value is -2.70. The van der Waals surface area contributed by atoms with E-state index in [2.05, 4.69) is 10.3 Å². The van der Waals surface area contributed by atoms with Gasteiger partial charge in [0, 0.05) is 13.1 Å². The zero-order valence-corrected chi connectivity index (χ0v) is 13.9. The zero-order valence-electron chi connectivity index (χ0n) is 13.9. The molecule has 2 heterocycles. The van der Waals surface area contributed by atoms with Crippen LogP contribution in [0.5, 0.6) is 0 Å². The first-order valence-electron chi connectivity index (χ1n) is 8.44. The fourth-order valence-electron chi connectivity index (χ4n) is 3.00. The summed E-state index contributed by atoms with van der Waals surface area (Å²) < 4.78 is 6.97. The number of benzene rings is 2. The highest BCUT2D eigenvalue weighted by Gasteiger charge is 2.16. The van der Waals surface area contributed by atoms with E-state index in [9.17, 15) is 4.79 Å². The minimum Gasteiger partial charge on any atom is -0.379 e. The lowest BCUT2D eigenvalue weighted by molar-refractivity contribution is 0.0326. The van der Waals surface area contributed by atoms with Crippen molar-refractivity contribution in [2.24, 2.45) is 0 Å². The number of nitrogens with zero attached hydrogens (tertiary/aromatic N) is 3. The van der Waals surface area contributed by atoms with Gasteiger partial charge in [-0.05, 0) is 24.3 Å². The van der Waals surface area contributed by atoms with Crippen molar-refractivity contribution in [2.75, 3.05) is 31.7 Å². The first-order chi connectivity index (χ1) is 12.3. The summed E-state index contributed by atoms with van der Waals surface area (Å²) in [7, 11) is 0. The number of anilines is 1. The summed E-state index contributed by atoms with van der Waals surface area (Å²) in [5, 5.41) is 0.608. The van der Waals surface area contributed by atoms with Gasteiger partial charge < -0.3 is 4.74 Å². The summed E-state index contributed by atoms with van der Waals surface area (Å²) in [6.45, 7) is 3.71. The van der Waals surface area contributed by atoms with Gasteiger partial charge in [-0.15, -0.1) is 0 Å². The zero-order chi connectivity index (χ0) is 17.1. The number of rotatable bonds is 4. The van der Waals surface area contributed by atoms with Crippen LogP contribution in [0.2, 0.25) is 0 Å². The van der Waals surface area contributed by atoms with E-state index in [-0.39, 0.29) is 5.56 Å². The van der Waals surface area contributed by atoms with Crippen molar-refractivity contribution in [3.63, 3.8) is 0 Å². The lowest BCUT2D eigenvalue weighted by atomic mass is 10.2. The Bertz CT molecular complexity index is 918. The van der Waals surface area contributed by atoms with Crippen molar-refractivity contribution in [3.8, 4) is 0 Å². The summed E-state index contributed by atoms with van der Waals surface area (Å²) in [5.41, 5.74) is 4.70. The topological polar surface area (TPSA) is 59.4 Å². The van der Waals surface area contributed by atoms with E-state index in [1.54, 1.807) is 4.68 Å². The van der Waals surface area contributed by atoms with E-state index in [1.807, 2.05) is 54.6 Å². The number of hydrogen-bond donors (Lipinski definition) is 1. The van der Waals surface area contributed by atoms with E-state index >= 15 is 0 Å². The van der Waals surface area contributed by atoms with E-state index < -0.39 is 0 Å². The van der Waals surface area contributed by atoms with Gasteiger partial charge in [-0.25, -0.2) is 9.66 Å². The molecule has 25 heavy (non-hydrogen) atoms. The van der Waals surface area contributed by atoms with Gasteiger partial charge in [0.2, 0.25) is 0 Å². The van der Waals surface area contributed by atoms with Crippen LogP contribution in [0.3, 0.4) is 0 Å². The molecule has 3 aromatic rings. The number of nitrogens with one attached hydrogen (secondary N) is 1. The molecule has 1 aliphatic rings. The van der Waals surface area contributed by atoms with Crippen molar-refractivity contribution < 1.29 is 4.74 Å². The molecule has 0 spiro atoms. The van der Waals surface area contributed by atoms with Gasteiger partial charge in [-0.2, -0.15) is 0 Å². The maximum absolute atomic E-state index is 13.0. The molecule has 2 aromatic carbocycles. The van der Waals surface area contributed by atoms with Gasteiger partial charge >= 0.3 is 0 Å². The summed E-state index contributed by atoms with van der Waals surface area (Å²) in [4.78, 5) is 20.0. The molecule has 0 amide bonds. The molecular weight excluding hydrogens is 316 g/mol. The molecule has 1 fully saturated rings. The predicted octanol–water partition coefficient (Wildman–Crippen LogP) is 2.10. The average Bonchev–Trinajstić information content (AvgIpc) is 2.67. The normalized spacial score (nSPS) is 15.4. The van der Waals surface area contributed by atoms with Crippen molar-refractivity contribution in [3.05, 3.63) is 70.8 Å². The van der Waals surface area contributed by atoms with E-state index in [4.69, 9.17) is 9.72 Å². The van der Waals surface area contributed by atoms with Crippen LogP contribution in [0.15, 0.2) is 59.4 Å². The van der Waals surface area contributed by atoms with Crippen LogP contribution in [0.4, 0.5) is 5.69 Å². The van der Waals surface area contributed by atoms with Crippen molar-refractivity contribution in [1.29, 1.82) is 0 Å². The molecule has 6 nitrogen and oxygen atoms in total. The quantitative estimate of drug-likeness (QED) is 0.791. The Morgan fingerprint density at radius 3 is 2.52 bits per heavy atom. The first-order valence-corrected chi connectivity index (χ1v) is 8.44. The lowest BCUT2D eigenvalue weighted by Crippen LogP contribution is -2.39. The van der Waals surface area contributed by atoms with Crippen LogP contribution in [0, 0.1) is 0 Å². The molecule has 4 rings (SSSR count). The molecule has 1 aliphatic heterocycles. The van der Waals surface area contributed by atoms with Crippen molar-refractivity contribution in [2.45, 2.75) is 6.54 Å². The van der Waals surface area contributed by atoms with Gasteiger partial charge in [-0.1, -0.05) is 30.3 Å². The molecule has 1 saturated heterocycles. The van der Waals surface area contributed by atoms with Crippen LogP contribution in [0.1, 0.15) is 5.82 Å². The maximum atomic E-state index is 13.0. The van der Waals surface area contributed by atoms with Crippen molar-refractivity contribution in [1.82, 2.24) is 14.6 Å². The number of ether oxygens (including phenoxy) is 1. The van der Waals surface area contributed by atoms with E-state index in [0.717, 1.165) is 24.3 Å². The van der Waals surface area contributed by atoms with Gasteiger partial charge in [0.1, 0.15) is 5.82 Å². The lowest BCUT2D eigenvalue weighted by Gasteiger charge is -2.27. The number of hydrogen-bond acceptors (Lipinski definition) is 5.